The van der Waals surface area contributed by atoms with Gasteiger partial charge in [0.05, 0.1) is 6.04 Å². The van der Waals surface area contributed by atoms with E-state index in [2.05, 4.69) is 115 Å². The van der Waals surface area contributed by atoms with Gasteiger partial charge in [-0.1, -0.05) is 102 Å². The van der Waals surface area contributed by atoms with Gasteiger partial charge in [-0.2, -0.15) is 0 Å². The first kappa shape index (κ1) is 20.6. The molecule has 4 rings (SSSR count). The van der Waals surface area contributed by atoms with Gasteiger partial charge in [-0.15, -0.1) is 0 Å². The van der Waals surface area contributed by atoms with Crippen LogP contribution in [0, 0.1) is 13.8 Å². The topological polar surface area (TPSA) is 6.48 Å². The summed E-state index contributed by atoms with van der Waals surface area (Å²) in [7, 11) is 0. The van der Waals surface area contributed by atoms with E-state index in [1.165, 1.54) is 27.8 Å². The van der Waals surface area contributed by atoms with Crippen molar-refractivity contribution in [3.63, 3.8) is 0 Å². The van der Waals surface area contributed by atoms with E-state index < -0.39 is 0 Å². The van der Waals surface area contributed by atoms with Gasteiger partial charge < -0.3 is 0 Å². The second-order valence-electron chi connectivity index (χ2n) is 8.37. The summed E-state index contributed by atoms with van der Waals surface area (Å²) in [5.74, 6) is 0. The van der Waals surface area contributed by atoms with Crippen LogP contribution in [0.1, 0.15) is 33.9 Å². The summed E-state index contributed by atoms with van der Waals surface area (Å²) in [6.45, 7) is 9.72. The van der Waals surface area contributed by atoms with Crippen LogP contribution in [0.2, 0.25) is 0 Å². The van der Waals surface area contributed by atoms with Crippen LogP contribution in [0.4, 0.5) is 0 Å². The molecule has 0 atom stereocenters. The molecule has 2 nitrogen and oxygen atoms in total. The van der Waals surface area contributed by atoms with Crippen molar-refractivity contribution in [2.45, 2.75) is 19.9 Å². The highest BCUT2D eigenvalue weighted by molar-refractivity contribution is 5.48. The number of aryl methyl sites for hydroxylation is 2. The Bertz CT molecular complexity index is 889. The maximum atomic E-state index is 2.65. The molecule has 0 amide bonds. The first-order valence-electron chi connectivity index (χ1n) is 11.0. The largest absolute Gasteiger partial charge is 0.297 e. The molecule has 3 aromatic carbocycles. The van der Waals surface area contributed by atoms with Crippen LogP contribution in [0.25, 0.3) is 6.08 Å². The summed E-state index contributed by atoms with van der Waals surface area (Å²) in [5.41, 5.74) is 6.69. The van der Waals surface area contributed by atoms with E-state index in [9.17, 15) is 0 Å². The molecule has 30 heavy (non-hydrogen) atoms. The van der Waals surface area contributed by atoms with E-state index in [-0.39, 0.29) is 0 Å². The average molecular weight is 397 g/mol. The molecule has 1 saturated heterocycles. The van der Waals surface area contributed by atoms with E-state index in [1.807, 2.05) is 0 Å². The summed E-state index contributed by atoms with van der Waals surface area (Å²) in [5, 5.41) is 0. The minimum absolute atomic E-state index is 0.327. The molecule has 0 spiro atoms. The zero-order valence-corrected chi connectivity index (χ0v) is 18.2. The second-order valence-corrected chi connectivity index (χ2v) is 8.37. The van der Waals surface area contributed by atoms with Crippen LogP contribution in [0.5, 0.6) is 0 Å². The van der Waals surface area contributed by atoms with Crippen molar-refractivity contribution in [1.29, 1.82) is 0 Å². The van der Waals surface area contributed by atoms with Crippen LogP contribution in [0.3, 0.4) is 0 Å². The van der Waals surface area contributed by atoms with Crippen molar-refractivity contribution in [2.24, 2.45) is 0 Å². The summed E-state index contributed by atoms with van der Waals surface area (Å²) < 4.78 is 0. The molecule has 1 fully saturated rings. The van der Waals surface area contributed by atoms with Crippen LogP contribution in [-0.4, -0.2) is 42.5 Å². The molecule has 0 saturated carbocycles. The Morgan fingerprint density at radius 3 is 1.77 bits per heavy atom. The Labute approximate surface area is 181 Å². The molecule has 0 bridgehead atoms. The maximum absolute atomic E-state index is 2.65. The lowest BCUT2D eigenvalue weighted by Crippen LogP contribution is -2.47. The highest BCUT2D eigenvalue weighted by atomic mass is 15.3. The molecule has 0 aliphatic carbocycles. The highest BCUT2D eigenvalue weighted by Gasteiger charge is 2.26. The van der Waals surface area contributed by atoms with Gasteiger partial charge in [-0.3, -0.25) is 9.80 Å². The third kappa shape index (κ3) is 5.27. The standard InChI is InChI=1S/C28H32N2/c1-23-10-14-26(15-11-23)28(27-16-12-24(2)13-17-27)30-21-19-29(20-22-30)18-6-9-25-7-4-3-5-8-25/h3-17,28H,18-22H2,1-2H3. The van der Waals surface area contributed by atoms with E-state index >= 15 is 0 Å². The fourth-order valence-corrected chi connectivity index (χ4v) is 4.22. The lowest BCUT2D eigenvalue weighted by molar-refractivity contribution is 0.118. The Kier molecular flexibility index (Phi) is 6.78. The third-order valence-electron chi connectivity index (χ3n) is 6.03. The fourth-order valence-electron chi connectivity index (χ4n) is 4.22. The quantitative estimate of drug-likeness (QED) is 0.525. The molecule has 1 heterocycles. The third-order valence-corrected chi connectivity index (χ3v) is 6.03. The van der Waals surface area contributed by atoms with E-state index in [1.54, 1.807) is 0 Å². The minimum Gasteiger partial charge on any atom is -0.297 e. The molecule has 0 N–H and O–H groups in total. The van der Waals surface area contributed by atoms with Gasteiger partial charge in [0.25, 0.3) is 0 Å². The lowest BCUT2D eigenvalue weighted by atomic mass is 9.95. The van der Waals surface area contributed by atoms with Crippen LogP contribution >= 0.6 is 0 Å². The molecule has 0 radical (unpaired) electrons. The molecule has 154 valence electrons. The zero-order chi connectivity index (χ0) is 20.8. The zero-order valence-electron chi connectivity index (χ0n) is 18.2. The lowest BCUT2D eigenvalue weighted by Gasteiger charge is -2.39. The molecule has 2 heteroatoms. The van der Waals surface area contributed by atoms with Crippen molar-refractivity contribution >= 4 is 6.08 Å². The molecule has 1 aliphatic heterocycles. The maximum Gasteiger partial charge on any atom is 0.0602 e. The van der Waals surface area contributed by atoms with Crippen LogP contribution in [0.15, 0.2) is 84.9 Å². The van der Waals surface area contributed by atoms with Crippen molar-refractivity contribution in [3.05, 3.63) is 113 Å². The molecular weight excluding hydrogens is 364 g/mol. The Balaban J connectivity index is 1.43. The normalized spacial score (nSPS) is 15.8. The molecule has 1 aliphatic rings. The molecule has 0 aromatic heterocycles. The molecular formula is C28H32N2. The van der Waals surface area contributed by atoms with Gasteiger partial charge in [0, 0.05) is 32.7 Å². The van der Waals surface area contributed by atoms with Gasteiger partial charge in [-0.25, -0.2) is 0 Å². The number of hydrogen-bond donors (Lipinski definition) is 0. The van der Waals surface area contributed by atoms with E-state index in [4.69, 9.17) is 0 Å². The van der Waals surface area contributed by atoms with Gasteiger partial charge in [0.15, 0.2) is 0 Å². The van der Waals surface area contributed by atoms with Gasteiger partial charge in [0.2, 0.25) is 0 Å². The first-order chi connectivity index (χ1) is 14.7. The predicted molar refractivity (Wildman–Crippen MR) is 128 cm³/mol. The Hall–Kier alpha value is -2.68. The van der Waals surface area contributed by atoms with E-state index in [0.29, 0.717) is 6.04 Å². The number of hydrogen-bond acceptors (Lipinski definition) is 2. The van der Waals surface area contributed by atoms with Crippen LogP contribution < -0.4 is 0 Å². The molecule has 3 aromatic rings. The minimum atomic E-state index is 0.327. The number of rotatable bonds is 6. The smallest absolute Gasteiger partial charge is 0.0602 e. The number of nitrogens with zero attached hydrogens (tertiary/aromatic N) is 2. The average Bonchev–Trinajstić information content (AvgIpc) is 2.78. The Morgan fingerprint density at radius 2 is 1.23 bits per heavy atom. The van der Waals surface area contributed by atoms with Gasteiger partial charge in [0.1, 0.15) is 0 Å². The van der Waals surface area contributed by atoms with Crippen molar-refractivity contribution in [2.75, 3.05) is 32.7 Å². The second kappa shape index (κ2) is 9.88. The molecule has 0 unspecified atom stereocenters. The fraction of sp³-hybridized carbons (Fsp3) is 0.286. The number of piperazine rings is 1. The predicted octanol–water partition coefficient (Wildman–Crippen LogP) is 5.72. The van der Waals surface area contributed by atoms with Crippen molar-refractivity contribution in [1.82, 2.24) is 9.80 Å². The Morgan fingerprint density at radius 1 is 0.700 bits per heavy atom. The van der Waals surface area contributed by atoms with Crippen molar-refractivity contribution in [3.8, 4) is 0 Å². The summed E-state index contributed by atoms with van der Waals surface area (Å²) >= 11 is 0. The summed E-state index contributed by atoms with van der Waals surface area (Å²) in [4.78, 5) is 5.20. The van der Waals surface area contributed by atoms with Gasteiger partial charge in [-0.05, 0) is 30.5 Å². The monoisotopic (exact) mass is 396 g/mol. The van der Waals surface area contributed by atoms with E-state index in [0.717, 1.165) is 32.7 Å². The summed E-state index contributed by atoms with van der Waals surface area (Å²) in [6.07, 6.45) is 4.52. The van der Waals surface area contributed by atoms with Gasteiger partial charge >= 0.3 is 0 Å². The first-order valence-corrected chi connectivity index (χ1v) is 11.0. The highest BCUT2D eigenvalue weighted by Crippen LogP contribution is 2.30. The summed E-state index contributed by atoms with van der Waals surface area (Å²) in [6, 6.07) is 29.0. The number of benzene rings is 3. The van der Waals surface area contributed by atoms with Crippen molar-refractivity contribution < 1.29 is 0 Å². The van der Waals surface area contributed by atoms with Crippen LogP contribution in [-0.2, 0) is 0 Å². The SMILES string of the molecule is Cc1ccc(C(c2ccc(C)cc2)N2CCN(CC=Cc3ccccc3)CC2)cc1.